The molecule has 2 aromatic heterocycles. The van der Waals surface area contributed by atoms with Gasteiger partial charge in [0.25, 0.3) is 5.91 Å². The van der Waals surface area contributed by atoms with Gasteiger partial charge in [-0.3, -0.25) is 4.79 Å². The van der Waals surface area contributed by atoms with Crippen LogP contribution in [0.3, 0.4) is 0 Å². The summed E-state index contributed by atoms with van der Waals surface area (Å²) in [5.74, 6) is 2.07. The van der Waals surface area contributed by atoms with Crippen LogP contribution in [-0.4, -0.2) is 52.6 Å². The number of aryl methyl sites for hydroxylation is 3. The number of anilines is 1. The Morgan fingerprint density at radius 3 is 2.97 bits per heavy atom. The molecule has 154 valence electrons. The minimum atomic E-state index is -0.117. The molecule has 1 spiro atoms. The normalized spacial score (nSPS) is 30.0. The lowest BCUT2D eigenvalue weighted by Crippen LogP contribution is -2.42. The third kappa shape index (κ3) is 2.92. The van der Waals surface area contributed by atoms with Gasteiger partial charge in [-0.1, -0.05) is 12.1 Å². The second kappa shape index (κ2) is 6.79. The quantitative estimate of drug-likeness (QED) is 0.825. The first-order chi connectivity index (χ1) is 14.0. The molecule has 5 rings (SSSR count). The maximum atomic E-state index is 12.8. The standard InChI is InChI=1S/C21H27N5O3/c1-4-16-19(13(3)29-25-16)20(27)22-9-14-15-10-26(18-6-5-12(2)23-24-18)11-21(15)8-7-17(14)28-21/h5-6,14-15,17H,4,7-11H2,1-3H3,(H,22,27)/t14-,15+,17+,21+/m0/s1. The summed E-state index contributed by atoms with van der Waals surface area (Å²) in [6.45, 7) is 8.05. The summed E-state index contributed by atoms with van der Waals surface area (Å²) in [5, 5.41) is 15.7. The molecule has 3 fully saturated rings. The van der Waals surface area contributed by atoms with Gasteiger partial charge in [-0.25, -0.2) is 0 Å². The van der Waals surface area contributed by atoms with Crippen molar-refractivity contribution in [1.29, 1.82) is 0 Å². The first-order valence-corrected chi connectivity index (χ1v) is 10.5. The Balaban J connectivity index is 1.30. The smallest absolute Gasteiger partial charge is 0.256 e. The summed E-state index contributed by atoms with van der Waals surface area (Å²) in [6, 6.07) is 4.03. The maximum Gasteiger partial charge on any atom is 0.256 e. The lowest BCUT2D eigenvalue weighted by Gasteiger charge is -2.29. The number of hydrogen-bond acceptors (Lipinski definition) is 7. The van der Waals surface area contributed by atoms with Crippen LogP contribution in [0.25, 0.3) is 0 Å². The highest BCUT2D eigenvalue weighted by Crippen LogP contribution is 2.55. The van der Waals surface area contributed by atoms with Gasteiger partial charge in [0.15, 0.2) is 5.82 Å². The average Bonchev–Trinajstić information content (AvgIpc) is 3.45. The van der Waals surface area contributed by atoms with Crippen molar-refractivity contribution in [2.45, 2.75) is 51.7 Å². The Hall–Kier alpha value is -2.48. The Morgan fingerprint density at radius 2 is 2.21 bits per heavy atom. The van der Waals surface area contributed by atoms with Crippen molar-refractivity contribution < 1.29 is 14.1 Å². The molecule has 3 aliphatic heterocycles. The second-order valence-corrected chi connectivity index (χ2v) is 8.57. The monoisotopic (exact) mass is 397 g/mol. The van der Waals surface area contributed by atoms with E-state index in [1.165, 1.54) is 0 Å². The van der Waals surface area contributed by atoms with Gasteiger partial charge in [-0.05, 0) is 45.2 Å². The molecule has 3 saturated heterocycles. The fourth-order valence-corrected chi connectivity index (χ4v) is 5.45. The highest BCUT2D eigenvalue weighted by Gasteiger charge is 2.63. The Kier molecular flexibility index (Phi) is 4.34. The number of hydrogen-bond donors (Lipinski definition) is 1. The summed E-state index contributed by atoms with van der Waals surface area (Å²) in [5.41, 5.74) is 2.09. The molecule has 8 heteroatoms. The van der Waals surface area contributed by atoms with E-state index in [0.717, 1.165) is 37.4 Å². The van der Waals surface area contributed by atoms with Gasteiger partial charge in [-0.2, -0.15) is 5.10 Å². The average molecular weight is 397 g/mol. The van der Waals surface area contributed by atoms with E-state index >= 15 is 0 Å². The number of ether oxygens (including phenoxy) is 1. The van der Waals surface area contributed by atoms with E-state index in [9.17, 15) is 4.79 Å². The van der Waals surface area contributed by atoms with Crippen LogP contribution >= 0.6 is 0 Å². The molecule has 1 N–H and O–H groups in total. The van der Waals surface area contributed by atoms with Gasteiger partial charge < -0.3 is 19.5 Å². The fourth-order valence-electron chi connectivity index (χ4n) is 5.45. The zero-order valence-electron chi connectivity index (χ0n) is 17.1. The zero-order chi connectivity index (χ0) is 20.2. The highest BCUT2D eigenvalue weighted by molar-refractivity contribution is 5.96. The molecule has 0 unspecified atom stereocenters. The van der Waals surface area contributed by atoms with Crippen LogP contribution in [0, 0.1) is 25.7 Å². The molecule has 3 aliphatic rings. The minimum Gasteiger partial charge on any atom is -0.369 e. The first-order valence-electron chi connectivity index (χ1n) is 10.5. The molecular formula is C21H27N5O3. The van der Waals surface area contributed by atoms with E-state index in [4.69, 9.17) is 9.26 Å². The van der Waals surface area contributed by atoms with Crippen LogP contribution in [-0.2, 0) is 11.2 Å². The fraction of sp³-hybridized carbons (Fsp3) is 0.619. The van der Waals surface area contributed by atoms with Crippen LogP contribution < -0.4 is 10.2 Å². The summed E-state index contributed by atoms with van der Waals surface area (Å²) in [6.07, 6.45) is 3.03. The van der Waals surface area contributed by atoms with Crippen molar-refractivity contribution in [1.82, 2.24) is 20.7 Å². The van der Waals surface area contributed by atoms with Gasteiger partial charge >= 0.3 is 0 Å². The van der Waals surface area contributed by atoms with Crippen molar-refractivity contribution >= 4 is 11.7 Å². The summed E-state index contributed by atoms with van der Waals surface area (Å²) < 4.78 is 11.7. The molecule has 2 aromatic rings. The maximum absolute atomic E-state index is 12.8. The van der Waals surface area contributed by atoms with E-state index in [-0.39, 0.29) is 17.6 Å². The molecule has 0 aliphatic carbocycles. The number of fused-ring (bicyclic) bond motifs is 1. The van der Waals surface area contributed by atoms with Crippen LogP contribution in [0.5, 0.6) is 0 Å². The number of carbonyl (C=O) groups excluding carboxylic acids is 1. The number of amides is 1. The summed E-state index contributed by atoms with van der Waals surface area (Å²) >= 11 is 0. The highest BCUT2D eigenvalue weighted by atomic mass is 16.5. The molecule has 8 nitrogen and oxygen atoms in total. The SMILES string of the molecule is CCc1noc(C)c1C(=O)NC[C@H]1[C@H]2CN(c3ccc(C)nn3)C[C@]23CC[C@H]1O3. The minimum absolute atomic E-state index is 0.100. The van der Waals surface area contributed by atoms with E-state index in [2.05, 4.69) is 25.6 Å². The lowest BCUT2D eigenvalue weighted by molar-refractivity contribution is 0.0141. The van der Waals surface area contributed by atoms with Crippen molar-refractivity contribution in [2.75, 3.05) is 24.5 Å². The molecule has 1 amide bonds. The molecule has 5 heterocycles. The second-order valence-electron chi connectivity index (χ2n) is 8.57. The Bertz CT molecular complexity index is 927. The number of nitrogens with zero attached hydrogens (tertiary/aromatic N) is 4. The van der Waals surface area contributed by atoms with Crippen LogP contribution in [0.15, 0.2) is 16.7 Å². The van der Waals surface area contributed by atoms with Gasteiger partial charge in [0, 0.05) is 31.5 Å². The number of rotatable bonds is 5. The summed E-state index contributed by atoms with van der Waals surface area (Å²) in [7, 11) is 0. The first kappa shape index (κ1) is 18.5. The van der Waals surface area contributed by atoms with Gasteiger partial charge in [0.2, 0.25) is 0 Å². The van der Waals surface area contributed by atoms with E-state index in [1.54, 1.807) is 6.92 Å². The van der Waals surface area contributed by atoms with Crippen molar-refractivity contribution in [3.05, 3.63) is 34.8 Å². The predicted octanol–water partition coefficient (Wildman–Crippen LogP) is 2.06. The van der Waals surface area contributed by atoms with E-state index < -0.39 is 0 Å². The molecule has 4 atom stereocenters. The van der Waals surface area contributed by atoms with Gasteiger partial charge in [-0.15, -0.1) is 5.10 Å². The van der Waals surface area contributed by atoms with Crippen molar-refractivity contribution in [3.63, 3.8) is 0 Å². The van der Waals surface area contributed by atoms with Crippen LogP contribution in [0.1, 0.15) is 47.3 Å². The zero-order valence-corrected chi connectivity index (χ0v) is 17.1. The molecule has 29 heavy (non-hydrogen) atoms. The third-order valence-electron chi connectivity index (χ3n) is 6.89. The summed E-state index contributed by atoms with van der Waals surface area (Å²) in [4.78, 5) is 15.1. The molecule has 2 bridgehead atoms. The Morgan fingerprint density at radius 1 is 1.34 bits per heavy atom. The molecular weight excluding hydrogens is 370 g/mol. The topological polar surface area (TPSA) is 93.4 Å². The van der Waals surface area contributed by atoms with Crippen molar-refractivity contribution in [3.8, 4) is 0 Å². The molecule has 0 aromatic carbocycles. The van der Waals surface area contributed by atoms with E-state index in [0.29, 0.717) is 41.8 Å². The molecule has 0 radical (unpaired) electrons. The van der Waals surface area contributed by atoms with Crippen LogP contribution in [0.2, 0.25) is 0 Å². The van der Waals surface area contributed by atoms with E-state index in [1.807, 2.05) is 26.0 Å². The van der Waals surface area contributed by atoms with Gasteiger partial charge in [0.1, 0.15) is 11.3 Å². The lowest BCUT2D eigenvalue weighted by atomic mass is 9.73. The number of nitrogens with one attached hydrogen (secondary N) is 1. The Labute approximate surface area is 170 Å². The largest absolute Gasteiger partial charge is 0.369 e. The van der Waals surface area contributed by atoms with Gasteiger partial charge in [0.05, 0.1) is 23.1 Å². The van der Waals surface area contributed by atoms with Crippen molar-refractivity contribution in [2.24, 2.45) is 11.8 Å². The molecule has 0 saturated carbocycles. The van der Waals surface area contributed by atoms with Crippen LogP contribution in [0.4, 0.5) is 5.82 Å². The number of carbonyl (C=O) groups is 1. The predicted molar refractivity (Wildman–Crippen MR) is 106 cm³/mol. The number of aromatic nitrogens is 3. The third-order valence-corrected chi connectivity index (χ3v) is 6.89.